The van der Waals surface area contributed by atoms with Crippen LogP contribution in [0.15, 0.2) is 16.7 Å². The molecule has 100 valence electrons. The maximum atomic E-state index is 11.7. The van der Waals surface area contributed by atoms with Gasteiger partial charge in [0.15, 0.2) is 0 Å². The lowest BCUT2D eigenvalue weighted by Crippen LogP contribution is -2.37. The standard InChI is InChI=1S/C12H17BrClN3O/c1-8(2)5-15-11(18)7-17(3)12-10(14)4-9(13)6-16-12/h4,6,8H,5,7H2,1-3H3,(H,15,18). The molecule has 4 nitrogen and oxygen atoms in total. The molecule has 0 saturated carbocycles. The first-order chi connectivity index (χ1) is 8.40. The molecule has 1 aromatic rings. The maximum Gasteiger partial charge on any atom is 0.239 e. The molecule has 1 amide bonds. The topological polar surface area (TPSA) is 45.2 Å². The van der Waals surface area contributed by atoms with Crippen molar-refractivity contribution < 1.29 is 4.79 Å². The van der Waals surface area contributed by atoms with Crippen LogP contribution in [-0.2, 0) is 4.79 Å². The van der Waals surface area contributed by atoms with E-state index in [-0.39, 0.29) is 12.5 Å². The third-order valence-corrected chi connectivity index (χ3v) is 2.95. The Kier molecular flexibility index (Phi) is 5.88. The summed E-state index contributed by atoms with van der Waals surface area (Å²) in [5.41, 5.74) is 0. The second-order valence-corrected chi connectivity index (χ2v) is 5.84. The Morgan fingerprint density at radius 2 is 2.28 bits per heavy atom. The monoisotopic (exact) mass is 333 g/mol. The molecule has 0 aliphatic rings. The summed E-state index contributed by atoms with van der Waals surface area (Å²) in [6.07, 6.45) is 1.66. The van der Waals surface area contributed by atoms with Gasteiger partial charge in [0.05, 0.1) is 11.6 Å². The highest BCUT2D eigenvalue weighted by Gasteiger charge is 2.12. The highest BCUT2D eigenvalue weighted by atomic mass is 79.9. The van der Waals surface area contributed by atoms with Crippen molar-refractivity contribution in [2.24, 2.45) is 5.92 Å². The number of anilines is 1. The minimum absolute atomic E-state index is 0.0352. The molecule has 0 bridgehead atoms. The zero-order valence-electron chi connectivity index (χ0n) is 10.7. The van der Waals surface area contributed by atoms with Crippen molar-refractivity contribution in [3.63, 3.8) is 0 Å². The molecule has 1 rings (SSSR count). The lowest BCUT2D eigenvalue weighted by atomic mass is 10.2. The van der Waals surface area contributed by atoms with Crippen molar-refractivity contribution in [1.29, 1.82) is 0 Å². The van der Waals surface area contributed by atoms with E-state index < -0.39 is 0 Å². The molecule has 0 spiro atoms. The smallest absolute Gasteiger partial charge is 0.239 e. The van der Waals surface area contributed by atoms with Crippen LogP contribution in [-0.4, -0.2) is 31.0 Å². The van der Waals surface area contributed by atoms with Crippen molar-refractivity contribution >= 4 is 39.3 Å². The van der Waals surface area contributed by atoms with Crippen molar-refractivity contribution in [2.45, 2.75) is 13.8 Å². The van der Waals surface area contributed by atoms with Crippen LogP contribution in [0, 0.1) is 5.92 Å². The van der Waals surface area contributed by atoms with Gasteiger partial charge in [0.2, 0.25) is 5.91 Å². The summed E-state index contributed by atoms with van der Waals surface area (Å²) in [5.74, 6) is 1.00. The van der Waals surface area contributed by atoms with Gasteiger partial charge in [0, 0.05) is 24.3 Å². The van der Waals surface area contributed by atoms with Crippen LogP contribution in [0.4, 0.5) is 5.82 Å². The molecular formula is C12H17BrClN3O. The number of carbonyl (C=O) groups is 1. The average molecular weight is 335 g/mol. The molecule has 0 aliphatic carbocycles. The maximum absolute atomic E-state index is 11.7. The Labute approximate surface area is 121 Å². The molecule has 1 aromatic heterocycles. The number of likely N-dealkylation sites (N-methyl/N-ethyl adjacent to an activating group) is 1. The average Bonchev–Trinajstić information content (AvgIpc) is 2.26. The fourth-order valence-corrected chi connectivity index (χ4v) is 2.13. The molecule has 0 unspecified atom stereocenters. The van der Waals surface area contributed by atoms with Gasteiger partial charge in [0.1, 0.15) is 5.82 Å². The number of hydrogen-bond acceptors (Lipinski definition) is 3. The normalized spacial score (nSPS) is 10.6. The summed E-state index contributed by atoms with van der Waals surface area (Å²) in [6.45, 7) is 5.02. The molecule has 1 heterocycles. The van der Waals surface area contributed by atoms with E-state index in [1.54, 1.807) is 24.2 Å². The Morgan fingerprint density at radius 1 is 1.61 bits per heavy atom. The molecule has 1 N–H and O–H groups in total. The Bertz CT molecular complexity index is 426. The number of hydrogen-bond donors (Lipinski definition) is 1. The Hall–Kier alpha value is -0.810. The van der Waals surface area contributed by atoms with Crippen LogP contribution >= 0.6 is 27.5 Å². The Morgan fingerprint density at radius 3 is 2.83 bits per heavy atom. The first-order valence-electron chi connectivity index (χ1n) is 5.69. The van der Waals surface area contributed by atoms with E-state index in [1.165, 1.54) is 0 Å². The number of pyridine rings is 1. The van der Waals surface area contributed by atoms with Gasteiger partial charge in [-0.2, -0.15) is 0 Å². The lowest BCUT2D eigenvalue weighted by molar-refractivity contribution is -0.119. The summed E-state index contributed by atoms with van der Waals surface area (Å²) in [7, 11) is 1.79. The first kappa shape index (κ1) is 15.2. The Balaban J connectivity index is 2.59. The quantitative estimate of drug-likeness (QED) is 0.900. The predicted octanol–water partition coefficient (Wildman–Crippen LogP) is 2.71. The van der Waals surface area contributed by atoms with Crippen LogP contribution in [0.3, 0.4) is 0 Å². The second kappa shape index (κ2) is 6.95. The molecule has 0 radical (unpaired) electrons. The number of nitrogens with zero attached hydrogens (tertiary/aromatic N) is 2. The number of aromatic nitrogens is 1. The minimum atomic E-state index is -0.0352. The molecular weight excluding hydrogens is 318 g/mol. The van der Waals surface area contributed by atoms with Gasteiger partial charge in [-0.3, -0.25) is 4.79 Å². The predicted molar refractivity (Wildman–Crippen MR) is 78.1 cm³/mol. The van der Waals surface area contributed by atoms with E-state index in [2.05, 4.69) is 40.1 Å². The van der Waals surface area contributed by atoms with Gasteiger partial charge in [0.25, 0.3) is 0 Å². The largest absolute Gasteiger partial charge is 0.354 e. The molecule has 0 aliphatic heterocycles. The van der Waals surface area contributed by atoms with E-state index in [0.29, 0.717) is 23.3 Å². The summed E-state index contributed by atoms with van der Waals surface area (Å²) >= 11 is 9.36. The van der Waals surface area contributed by atoms with Crippen molar-refractivity contribution in [3.05, 3.63) is 21.8 Å². The summed E-state index contributed by atoms with van der Waals surface area (Å²) in [6, 6.07) is 1.76. The van der Waals surface area contributed by atoms with Crippen LogP contribution in [0.25, 0.3) is 0 Å². The van der Waals surface area contributed by atoms with Gasteiger partial charge in [-0.25, -0.2) is 4.98 Å². The van der Waals surface area contributed by atoms with Gasteiger partial charge < -0.3 is 10.2 Å². The second-order valence-electron chi connectivity index (χ2n) is 4.51. The van der Waals surface area contributed by atoms with Crippen LogP contribution in [0.5, 0.6) is 0 Å². The van der Waals surface area contributed by atoms with E-state index in [9.17, 15) is 4.79 Å². The number of carbonyl (C=O) groups excluding carboxylic acids is 1. The summed E-state index contributed by atoms with van der Waals surface area (Å²) in [4.78, 5) is 17.6. The molecule has 18 heavy (non-hydrogen) atoms. The third-order valence-electron chi connectivity index (χ3n) is 2.24. The number of rotatable bonds is 5. The fraction of sp³-hybridized carbons (Fsp3) is 0.500. The third kappa shape index (κ3) is 4.82. The SMILES string of the molecule is CC(C)CNC(=O)CN(C)c1ncc(Br)cc1Cl. The van der Waals surface area contributed by atoms with Gasteiger partial charge in [-0.05, 0) is 27.9 Å². The lowest BCUT2D eigenvalue weighted by Gasteiger charge is -2.19. The number of halogens is 2. The number of nitrogens with one attached hydrogen (secondary N) is 1. The van der Waals surface area contributed by atoms with Crippen LogP contribution < -0.4 is 10.2 Å². The molecule has 0 fully saturated rings. The summed E-state index contributed by atoms with van der Waals surface area (Å²) < 4.78 is 0.814. The van der Waals surface area contributed by atoms with Gasteiger partial charge >= 0.3 is 0 Å². The highest BCUT2D eigenvalue weighted by molar-refractivity contribution is 9.10. The van der Waals surface area contributed by atoms with Crippen molar-refractivity contribution in [2.75, 3.05) is 25.0 Å². The van der Waals surface area contributed by atoms with Crippen LogP contribution in [0.1, 0.15) is 13.8 Å². The molecule has 0 saturated heterocycles. The molecule has 0 atom stereocenters. The fourth-order valence-electron chi connectivity index (χ4n) is 1.35. The number of amides is 1. The zero-order valence-corrected chi connectivity index (χ0v) is 13.0. The van der Waals surface area contributed by atoms with Crippen molar-refractivity contribution in [1.82, 2.24) is 10.3 Å². The minimum Gasteiger partial charge on any atom is -0.354 e. The molecule has 6 heteroatoms. The van der Waals surface area contributed by atoms with E-state index in [4.69, 9.17) is 11.6 Å². The summed E-state index contributed by atoms with van der Waals surface area (Å²) in [5, 5.41) is 3.37. The van der Waals surface area contributed by atoms with E-state index in [0.717, 1.165) is 4.47 Å². The van der Waals surface area contributed by atoms with E-state index >= 15 is 0 Å². The van der Waals surface area contributed by atoms with Crippen molar-refractivity contribution in [3.8, 4) is 0 Å². The van der Waals surface area contributed by atoms with E-state index in [1.807, 2.05) is 0 Å². The van der Waals surface area contributed by atoms with Gasteiger partial charge in [-0.1, -0.05) is 25.4 Å². The highest BCUT2D eigenvalue weighted by Crippen LogP contribution is 2.25. The zero-order chi connectivity index (χ0) is 13.7. The van der Waals surface area contributed by atoms with Crippen LogP contribution in [0.2, 0.25) is 5.02 Å². The molecule has 0 aromatic carbocycles. The first-order valence-corrected chi connectivity index (χ1v) is 6.86. The van der Waals surface area contributed by atoms with Gasteiger partial charge in [-0.15, -0.1) is 0 Å².